The maximum atomic E-state index is 14.4. The summed E-state index contributed by atoms with van der Waals surface area (Å²) in [7, 11) is 0. The second-order valence-electron chi connectivity index (χ2n) is 10.2. The molecule has 0 saturated carbocycles. The van der Waals surface area contributed by atoms with Gasteiger partial charge in [-0.25, -0.2) is 0 Å². The highest BCUT2D eigenvalue weighted by Gasteiger charge is 2.45. The van der Waals surface area contributed by atoms with E-state index in [9.17, 15) is 14.4 Å². The zero-order valence-electron chi connectivity index (χ0n) is 23.1. The molecule has 3 amide bonds. The second kappa shape index (κ2) is 13.6. The normalized spacial score (nSPS) is 14.1. The molecule has 3 aromatic carbocycles. The number of benzene rings is 3. The lowest BCUT2D eigenvalue weighted by atomic mass is 9.82. The fourth-order valence-corrected chi connectivity index (χ4v) is 4.89. The summed E-state index contributed by atoms with van der Waals surface area (Å²) in [6, 6.07) is 26.2. The van der Waals surface area contributed by atoms with Crippen LogP contribution in [0.25, 0.3) is 0 Å². The Labute approximate surface area is 240 Å². The molecule has 3 aromatic rings. The first-order valence-corrected chi connectivity index (χ1v) is 14.2. The van der Waals surface area contributed by atoms with Crippen LogP contribution in [-0.2, 0) is 22.4 Å². The minimum Gasteiger partial charge on any atom is -0.352 e. The molecule has 0 unspecified atom stereocenters. The molecule has 2 atom stereocenters. The van der Waals surface area contributed by atoms with E-state index in [4.69, 9.17) is 0 Å². The smallest absolute Gasteiger partial charge is 0.252 e. The van der Waals surface area contributed by atoms with Gasteiger partial charge in [-0.05, 0) is 62.1 Å². The van der Waals surface area contributed by atoms with Gasteiger partial charge in [-0.2, -0.15) is 0 Å². The minimum absolute atomic E-state index is 0.103. The number of nitrogens with one attached hydrogen (secondary N) is 3. The summed E-state index contributed by atoms with van der Waals surface area (Å²) in [5.41, 5.74) is -0.214. The third kappa shape index (κ3) is 7.79. The van der Waals surface area contributed by atoms with Crippen LogP contribution in [0.2, 0.25) is 0 Å². The Bertz CT molecular complexity index is 1250. The van der Waals surface area contributed by atoms with Crippen LogP contribution in [0.5, 0.6) is 0 Å². The van der Waals surface area contributed by atoms with Crippen molar-refractivity contribution in [2.75, 3.05) is 0 Å². The van der Waals surface area contributed by atoms with E-state index in [2.05, 4.69) is 31.9 Å². The van der Waals surface area contributed by atoms with Crippen LogP contribution in [0.4, 0.5) is 0 Å². The molecule has 0 saturated heterocycles. The molecule has 0 aliphatic rings. The molecular formula is C32H38BrN3O3. The first-order chi connectivity index (χ1) is 18.6. The SMILES string of the molecule is CC[C@](Cc1ccccc1)(NC(=O)c1ccc(Br)cc1)C(=O)N[C@](CC)(Cc1ccccc1)C(=O)NC(C)C. The molecule has 0 aliphatic heterocycles. The third-order valence-corrected chi connectivity index (χ3v) is 7.53. The lowest BCUT2D eigenvalue weighted by Crippen LogP contribution is -2.68. The molecule has 0 aromatic heterocycles. The van der Waals surface area contributed by atoms with Crippen LogP contribution in [0.15, 0.2) is 89.4 Å². The standard InChI is InChI=1S/C32H38BrN3O3/c1-5-31(29(38)34-23(3)4,21-24-13-9-7-10-14-24)36-30(39)32(6-2,22-25-15-11-8-12-16-25)35-28(37)26-17-19-27(33)20-18-26/h7-20,23H,5-6,21-22H2,1-4H3,(H,34,38)(H,35,37)(H,36,39)/t31-,32-/m1/s1. The molecule has 0 radical (unpaired) electrons. The molecule has 39 heavy (non-hydrogen) atoms. The average molecular weight is 593 g/mol. The molecule has 0 heterocycles. The quantitative estimate of drug-likeness (QED) is 0.256. The van der Waals surface area contributed by atoms with Gasteiger partial charge in [-0.15, -0.1) is 0 Å². The summed E-state index contributed by atoms with van der Waals surface area (Å²) in [6.45, 7) is 7.57. The first-order valence-electron chi connectivity index (χ1n) is 13.4. The lowest BCUT2D eigenvalue weighted by molar-refractivity contribution is -0.137. The van der Waals surface area contributed by atoms with Crippen molar-refractivity contribution in [2.24, 2.45) is 0 Å². The fraction of sp³-hybridized carbons (Fsp3) is 0.344. The Kier molecular flexibility index (Phi) is 10.5. The van der Waals surface area contributed by atoms with Crippen molar-refractivity contribution in [1.29, 1.82) is 0 Å². The van der Waals surface area contributed by atoms with Gasteiger partial charge in [-0.1, -0.05) is 90.4 Å². The van der Waals surface area contributed by atoms with Crippen molar-refractivity contribution in [3.05, 3.63) is 106 Å². The van der Waals surface area contributed by atoms with Crippen molar-refractivity contribution in [2.45, 2.75) is 70.5 Å². The number of hydrogen-bond acceptors (Lipinski definition) is 3. The zero-order valence-corrected chi connectivity index (χ0v) is 24.7. The summed E-state index contributed by atoms with van der Waals surface area (Å²) < 4.78 is 0.854. The number of hydrogen-bond donors (Lipinski definition) is 3. The molecule has 7 heteroatoms. The molecule has 0 bridgehead atoms. The highest BCUT2D eigenvalue weighted by molar-refractivity contribution is 9.10. The summed E-state index contributed by atoms with van der Waals surface area (Å²) in [5.74, 6) is -0.996. The number of halogens is 1. The number of amides is 3. The molecule has 3 rings (SSSR count). The van der Waals surface area contributed by atoms with Crippen molar-refractivity contribution >= 4 is 33.7 Å². The maximum absolute atomic E-state index is 14.4. The first kappa shape index (κ1) is 30.1. The monoisotopic (exact) mass is 591 g/mol. The Balaban J connectivity index is 2.03. The molecule has 3 N–H and O–H groups in total. The molecular weight excluding hydrogens is 554 g/mol. The van der Waals surface area contributed by atoms with Crippen LogP contribution in [0.3, 0.4) is 0 Å². The van der Waals surface area contributed by atoms with E-state index in [0.717, 1.165) is 15.6 Å². The van der Waals surface area contributed by atoms with Crippen LogP contribution < -0.4 is 16.0 Å². The highest BCUT2D eigenvalue weighted by Crippen LogP contribution is 2.25. The van der Waals surface area contributed by atoms with E-state index in [1.54, 1.807) is 24.3 Å². The summed E-state index contributed by atoms with van der Waals surface area (Å²) >= 11 is 3.40. The molecule has 0 aliphatic carbocycles. The summed E-state index contributed by atoms with van der Waals surface area (Å²) in [5, 5.41) is 9.20. The fourth-order valence-electron chi connectivity index (χ4n) is 4.63. The lowest BCUT2D eigenvalue weighted by Gasteiger charge is -2.39. The Morgan fingerprint density at radius 3 is 1.59 bits per heavy atom. The number of carbonyl (C=O) groups is 3. The van der Waals surface area contributed by atoms with E-state index < -0.39 is 17.0 Å². The van der Waals surface area contributed by atoms with Gasteiger partial charge < -0.3 is 16.0 Å². The average Bonchev–Trinajstić information content (AvgIpc) is 2.93. The van der Waals surface area contributed by atoms with Crippen LogP contribution in [-0.4, -0.2) is 34.8 Å². The second-order valence-corrected chi connectivity index (χ2v) is 11.2. The molecule has 6 nitrogen and oxygen atoms in total. The van der Waals surface area contributed by atoms with Crippen molar-refractivity contribution in [3.63, 3.8) is 0 Å². The van der Waals surface area contributed by atoms with Crippen LogP contribution >= 0.6 is 15.9 Å². The van der Waals surface area contributed by atoms with E-state index in [-0.39, 0.29) is 24.3 Å². The van der Waals surface area contributed by atoms with Gasteiger partial charge in [0, 0.05) is 28.9 Å². The predicted octanol–water partition coefficient (Wildman–Crippen LogP) is 5.60. The van der Waals surface area contributed by atoms with E-state index in [1.165, 1.54) is 0 Å². The van der Waals surface area contributed by atoms with Gasteiger partial charge in [0.2, 0.25) is 11.8 Å². The van der Waals surface area contributed by atoms with E-state index in [0.29, 0.717) is 24.8 Å². The molecule has 0 fully saturated rings. The van der Waals surface area contributed by atoms with Crippen LogP contribution in [0, 0.1) is 0 Å². The highest BCUT2D eigenvalue weighted by atomic mass is 79.9. The summed E-state index contributed by atoms with van der Waals surface area (Å²) in [6.07, 6.45) is 1.29. The van der Waals surface area contributed by atoms with Crippen LogP contribution in [0.1, 0.15) is 62.0 Å². The Morgan fingerprint density at radius 1 is 0.692 bits per heavy atom. The van der Waals surface area contributed by atoms with Crippen molar-refractivity contribution in [1.82, 2.24) is 16.0 Å². The maximum Gasteiger partial charge on any atom is 0.252 e. The Morgan fingerprint density at radius 2 is 1.15 bits per heavy atom. The van der Waals surface area contributed by atoms with Gasteiger partial charge >= 0.3 is 0 Å². The van der Waals surface area contributed by atoms with Crippen molar-refractivity contribution in [3.8, 4) is 0 Å². The topological polar surface area (TPSA) is 87.3 Å². The zero-order chi connectivity index (χ0) is 28.5. The number of rotatable bonds is 12. The molecule has 206 valence electrons. The predicted molar refractivity (Wildman–Crippen MR) is 159 cm³/mol. The van der Waals surface area contributed by atoms with Gasteiger partial charge in [0.05, 0.1) is 0 Å². The number of carbonyl (C=O) groups excluding carboxylic acids is 3. The van der Waals surface area contributed by atoms with Gasteiger partial charge in [0.25, 0.3) is 5.91 Å². The van der Waals surface area contributed by atoms with Crippen molar-refractivity contribution < 1.29 is 14.4 Å². The van der Waals surface area contributed by atoms with Gasteiger partial charge in [0.1, 0.15) is 11.1 Å². The Hall–Kier alpha value is -3.45. The third-order valence-electron chi connectivity index (χ3n) is 7.01. The summed E-state index contributed by atoms with van der Waals surface area (Å²) in [4.78, 5) is 41.5. The molecule has 0 spiro atoms. The van der Waals surface area contributed by atoms with Gasteiger partial charge in [-0.3, -0.25) is 14.4 Å². The largest absolute Gasteiger partial charge is 0.352 e. The van der Waals surface area contributed by atoms with Gasteiger partial charge in [0.15, 0.2) is 0 Å². The van der Waals surface area contributed by atoms with E-state index in [1.807, 2.05) is 88.4 Å². The van der Waals surface area contributed by atoms with E-state index >= 15 is 0 Å². The minimum atomic E-state index is -1.29.